The first-order valence-electron chi connectivity index (χ1n) is 9.12. The summed E-state index contributed by atoms with van der Waals surface area (Å²) in [6, 6.07) is 16.2. The van der Waals surface area contributed by atoms with Crippen LogP contribution >= 0.6 is 0 Å². The number of hydrogen-bond acceptors (Lipinski definition) is 3. The van der Waals surface area contributed by atoms with Gasteiger partial charge in [0, 0.05) is 26.2 Å². The van der Waals surface area contributed by atoms with E-state index in [0.717, 1.165) is 30.6 Å². The van der Waals surface area contributed by atoms with Gasteiger partial charge in [-0.05, 0) is 36.1 Å². The molecule has 0 bridgehead atoms. The van der Waals surface area contributed by atoms with Crippen LogP contribution in [0.1, 0.15) is 34.3 Å². The van der Waals surface area contributed by atoms with Crippen molar-refractivity contribution < 1.29 is 19.4 Å². The van der Waals surface area contributed by atoms with Gasteiger partial charge in [0.05, 0.1) is 11.7 Å². The van der Waals surface area contributed by atoms with Crippen LogP contribution in [0.5, 0.6) is 0 Å². The molecule has 2 aromatic carbocycles. The van der Waals surface area contributed by atoms with E-state index in [0.29, 0.717) is 19.6 Å². The molecule has 0 spiro atoms. The smallest absolute Gasteiger partial charge is 0.335 e. The zero-order valence-electron chi connectivity index (χ0n) is 15.1. The number of carbonyl (C=O) groups excluding carboxylic acids is 1. The number of carbonyl (C=O) groups is 2. The van der Waals surface area contributed by atoms with E-state index in [4.69, 9.17) is 9.84 Å². The van der Waals surface area contributed by atoms with Crippen LogP contribution in [-0.2, 0) is 17.8 Å². The second-order valence-corrected chi connectivity index (χ2v) is 6.66. The Labute approximate surface area is 158 Å². The minimum absolute atomic E-state index is 0.0781. The summed E-state index contributed by atoms with van der Waals surface area (Å²) in [6.07, 6.45) is 2.07. The Morgan fingerprint density at radius 1 is 1.07 bits per heavy atom. The number of aromatic carboxylic acids is 1. The van der Waals surface area contributed by atoms with E-state index in [1.54, 1.807) is 17.0 Å². The molecule has 2 aromatic rings. The highest BCUT2D eigenvalue weighted by molar-refractivity contribution is 5.87. The fraction of sp³-hybridized carbons (Fsp3) is 0.333. The molecule has 1 heterocycles. The zero-order valence-corrected chi connectivity index (χ0v) is 15.1. The van der Waals surface area contributed by atoms with Gasteiger partial charge in [-0.3, -0.25) is 0 Å². The van der Waals surface area contributed by atoms with Gasteiger partial charge in [0.1, 0.15) is 0 Å². The molecule has 2 amide bonds. The van der Waals surface area contributed by atoms with Crippen LogP contribution < -0.4 is 5.32 Å². The molecule has 6 heteroatoms. The van der Waals surface area contributed by atoms with Crippen LogP contribution in [0.4, 0.5) is 4.79 Å². The molecule has 27 heavy (non-hydrogen) atoms. The maximum absolute atomic E-state index is 12.7. The molecular formula is C21H24N2O4. The summed E-state index contributed by atoms with van der Waals surface area (Å²) in [4.78, 5) is 25.4. The molecule has 0 radical (unpaired) electrons. The predicted octanol–water partition coefficient (Wildman–Crippen LogP) is 3.28. The van der Waals surface area contributed by atoms with Gasteiger partial charge in [-0.25, -0.2) is 9.59 Å². The lowest BCUT2D eigenvalue weighted by Crippen LogP contribution is -2.43. The van der Waals surface area contributed by atoms with E-state index in [1.165, 1.54) is 12.1 Å². The molecule has 6 nitrogen and oxygen atoms in total. The van der Waals surface area contributed by atoms with Gasteiger partial charge in [-0.2, -0.15) is 0 Å². The Bertz CT molecular complexity index is 756. The second kappa shape index (κ2) is 9.19. The standard InChI is InChI=1S/C21H24N2O4/c24-20(25)18-10-8-16(9-11-18)13-22-21(26)23(15-19-7-4-12-27-19)14-17-5-2-1-3-6-17/h1-3,5-6,8-11,19H,4,7,12-15H2,(H,22,26)(H,24,25). The Kier molecular flexibility index (Phi) is 6.44. The lowest BCUT2D eigenvalue weighted by atomic mass is 10.1. The van der Waals surface area contributed by atoms with Gasteiger partial charge in [0.25, 0.3) is 0 Å². The molecular weight excluding hydrogens is 344 g/mol. The molecule has 2 N–H and O–H groups in total. The first-order chi connectivity index (χ1) is 13.1. The van der Waals surface area contributed by atoms with Crippen LogP contribution in [0.2, 0.25) is 0 Å². The van der Waals surface area contributed by atoms with Crippen LogP contribution in [0.3, 0.4) is 0 Å². The Hall–Kier alpha value is -2.86. The molecule has 0 aliphatic carbocycles. The average Bonchev–Trinajstić information content (AvgIpc) is 3.20. The molecule has 142 valence electrons. The molecule has 1 atom stereocenters. The molecule has 1 fully saturated rings. The third-order valence-corrected chi connectivity index (χ3v) is 4.60. The summed E-state index contributed by atoms with van der Waals surface area (Å²) < 4.78 is 5.69. The third-order valence-electron chi connectivity index (χ3n) is 4.60. The highest BCUT2D eigenvalue weighted by Crippen LogP contribution is 2.15. The molecule has 1 aliphatic rings. The summed E-state index contributed by atoms with van der Waals surface area (Å²) in [5.41, 5.74) is 2.15. The van der Waals surface area contributed by atoms with Gasteiger partial charge >= 0.3 is 12.0 Å². The number of amides is 2. The number of ether oxygens (including phenoxy) is 1. The van der Waals surface area contributed by atoms with Crippen molar-refractivity contribution in [3.8, 4) is 0 Å². The average molecular weight is 368 g/mol. The summed E-state index contributed by atoms with van der Waals surface area (Å²) >= 11 is 0. The fourth-order valence-electron chi connectivity index (χ4n) is 3.11. The molecule has 1 aliphatic heterocycles. The van der Waals surface area contributed by atoms with Crippen LogP contribution in [0, 0.1) is 0 Å². The maximum Gasteiger partial charge on any atom is 0.335 e. The molecule has 0 saturated carbocycles. The molecule has 3 rings (SSSR count). The Morgan fingerprint density at radius 2 is 1.81 bits per heavy atom. The summed E-state index contributed by atoms with van der Waals surface area (Å²) in [5.74, 6) is -0.962. The van der Waals surface area contributed by atoms with Gasteiger partial charge in [0.15, 0.2) is 0 Å². The fourth-order valence-corrected chi connectivity index (χ4v) is 3.11. The lowest BCUT2D eigenvalue weighted by Gasteiger charge is -2.26. The van der Waals surface area contributed by atoms with Crippen LogP contribution in [-0.4, -0.2) is 41.3 Å². The molecule has 1 unspecified atom stereocenters. The van der Waals surface area contributed by atoms with E-state index >= 15 is 0 Å². The van der Waals surface area contributed by atoms with Gasteiger partial charge < -0.3 is 20.1 Å². The van der Waals surface area contributed by atoms with E-state index in [1.807, 2.05) is 30.3 Å². The second-order valence-electron chi connectivity index (χ2n) is 6.66. The summed E-state index contributed by atoms with van der Waals surface area (Å²) in [5, 5.41) is 11.9. The maximum atomic E-state index is 12.7. The topological polar surface area (TPSA) is 78.9 Å². The van der Waals surface area contributed by atoms with E-state index in [9.17, 15) is 9.59 Å². The normalized spacial score (nSPS) is 16.1. The quantitative estimate of drug-likeness (QED) is 0.786. The number of nitrogens with zero attached hydrogens (tertiary/aromatic N) is 1. The third kappa shape index (κ3) is 5.56. The number of nitrogens with one attached hydrogen (secondary N) is 1. The van der Waals surface area contributed by atoms with E-state index in [-0.39, 0.29) is 17.7 Å². The number of benzene rings is 2. The van der Waals surface area contributed by atoms with E-state index < -0.39 is 5.97 Å². The van der Waals surface area contributed by atoms with Gasteiger partial charge in [0.2, 0.25) is 0 Å². The summed E-state index contributed by atoms with van der Waals surface area (Å²) in [6.45, 7) is 2.17. The Balaban J connectivity index is 1.61. The minimum Gasteiger partial charge on any atom is -0.478 e. The van der Waals surface area contributed by atoms with Crippen molar-refractivity contribution in [2.24, 2.45) is 0 Å². The van der Waals surface area contributed by atoms with Crippen molar-refractivity contribution in [3.05, 3.63) is 71.3 Å². The van der Waals surface area contributed by atoms with Crippen molar-refractivity contribution >= 4 is 12.0 Å². The summed E-state index contributed by atoms with van der Waals surface area (Å²) in [7, 11) is 0. The van der Waals surface area contributed by atoms with Crippen molar-refractivity contribution in [1.82, 2.24) is 10.2 Å². The van der Waals surface area contributed by atoms with Gasteiger partial charge in [-0.1, -0.05) is 42.5 Å². The monoisotopic (exact) mass is 368 g/mol. The Morgan fingerprint density at radius 3 is 2.44 bits per heavy atom. The molecule has 0 aromatic heterocycles. The SMILES string of the molecule is O=C(O)c1ccc(CNC(=O)N(Cc2ccccc2)CC2CCCO2)cc1. The number of urea groups is 1. The highest BCUT2D eigenvalue weighted by Gasteiger charge is 2.22. The van der Waals surface area contributed by atoms with Gasteiger partial charge in [-0.15, -0.1) is 0 Å². The highest BCUT2D eigenvalue weighted by atomic mass is 16.5. The predicted molar refractivity (Wildman–Crippen MR) is 101 cm³/mol. The molecule has 1 saturated heterocycles. The minimum atomic E-state index is -0.962. The first-order valence-corrected chi connectivity index (χ1v) is 9.12. The van der Waals surface area contributed by atoms with Crippen molar-refractivity contribution in [3.63, 3.8) is 0 Å². The number of hydrogen-bond donors (Lipinski definition) is 2. The lowest BCUT2D eigenvalue weighted by molar-refractivity contribution is 0.0697. The largest absolute Gasteiger partial charge is 0.478 e. The van der Waals surface area contributed by atoms with Crippen molar-refractivity contribution in [2.75, 3.05) is 13.2 Å². The number of carboxylic acids is 1. The van der Waals surface area contributed by atoms with E-state index in [2.05, 4.69) is 5.32 Å². The first kappa shape index (κ1) is 18.9. The zero-order chi connectivity index (χ0) is 19.1. The van der Waals surface area contributed by atoms with Crippen molar-refractivity contribution in [2.45, 2.75) is 32.0 Å². The van der Waals surface area contributed by atoms with Crippen molar-refractivity contribution in [1.29, 1.82) is 0 Å². The van der Waals surface area contributed by atoms with Crippen LogP contribution in [0.15, 0.2) is 54.6 Å². The number of carboxylic acid groups (broad SMARTS) is 1. The van der Waals surface area contributed by atoms with Crippen LogP contribution in [0.25, 0.3) is 0 Å². The number of rotatable bonds is 7.